The quantitative estimate of drug-likeness (QED) is 0.461. The summed E-state index contributed by atoms with van der Waals surface area (Å²) in [6.07, 6.45) is 5.65. The fourth-order valence-electron chi connectivity index (χ4n) is 3.33. The van der Waals surface area contributed by atoms with Crippen molar-refractivity contribution >= 4 is 28.8 Å². The summed E-state index contributed by atoms with van der Waals surface area (Å²) in [7, 11) is 0. The number of imide groups is 1. The van der Waals surface area contributed by atoms with Crippen LogP contribution in [-0.2, 0) is 6.54 Å². The first kappa shape index (κ1) is 20.6. The van der Waals surface area contributed by atoms with Crippen LogP contribution in [0.5, 0.6) is 11.6 Å². The Hall–Kier alpha value is -4.34. The van der Waals surface area contributed by atoms with E-state index in [1.807, 2.05) is 4.57 Å². The Morgan fingerprint density at radius 1 is 1.09 bits per heavy atom. The molecule has 1 aliphatic carbocycles. The number of anilines is 1. The summed E-state index contributed by atoms with van der Waals surface area (Å²) in [5.74, 6) is 0.250. The molecule has 0 atom stereocenters. The van der Waals surface area contributed by atoms with E-state index < -0.39 is 17.8 Å². The summed E-state index contributed by atoms with van der Waals surface area (Å²) in [4.78, 5) is 37.1. The zero-order valence-corrected chi connectivity index (χ0v) is 17.4. The molecule has 3 amide bonds. The number of aromatic nitrogens is 4. The van der Waals surface area contributed by atoms with Gasteiger partial charge in [-0.3, -0.25) is 10.1 Å². The number of carbonyl (C=O) groups is 2. The topological polar surface area (TPSA) is 111 Å². The molecule has 2 heterocycles. The van der Waals surface area contributed by atoms with Crippen molar-refractivity contribution in [2.24, 2.45) is 5.92 Å². The molecule has 0 spiro atoms. The molecule has 9 nitrogen and oxygen atoms in total. The van der Waals surface area contributed by atoms with Crippen molar-refractivity contribution in [3.05, 3.63) is 72.6 Å². The van der Waals surface area contributed by atoms with Crippen LogP contribution in [0.25, 0.3) is 11.2 Å². The van der Waals surface area contributed by atoms with Crippen LogP contribution in [0.4, 0.5) is 14.9 Å². The molecule has 0 unspecified atom stereocenters. The summed E-state index contributed by atoms with van der Waals surface area (Å²) in [6, 6.07) is 10.9. The molecule has 0 radical (unpaired) electrons. The lowest BCUT2D eigenvalue weighted by Gasteiger charge is -2.09. The highest BCUT2D eigenvalue weighted by Crippen LogP contribution is 2.32. The molecule has 5 rings (SSSR count). The van der Waals surface area contributed by atoms with E-state index in [0.29, 0.717) is 28.8 Å². The van der Waals surface area contributed by atoms with Crippen LogP contribution in [0.15, 0.2) is 61.2 Å². The standard InChI is InChI=1S/C23H19FN6O3/c24-16-3-1-2-15(10-16)21(31)29-23(32)28-17-6-8-18(9-7-17)33-22-19-20(25-12-26-22)30(13-27-19)11-14-4-5-14/h1-3,6-10,12-14H,4-5,11H2,(H2,28,29,31,32). The predicted octanol–water partition coefficient (Wildman–Crippen LogP) is 4.13. The molecule has 1 fully saturated rings. The van der Waals surface area contributed by atoms with Crippen LogP contribution in [0, 0.1) is 11.7 Å². The van der Waals surface area contributed by atoms with Gasteiger partial charge in [0.2, 0.25) is 0 Å². The zero-order valence-electron chi connectivity index (χ0n) is 17.4. The summed E-state index contributed by atoms with van der Waals surface area (Å²) >= 11 is 0. The summed E-state index contributed by atoms with van der Waals surface area (Å²) < 4.78 is 21.1. The molecule has 2 aromatic heterocycles. The normalized spacial score (nSPS) is 13.0. The first-order chi connectivity index (χ1) is 16.0. The lowest BCUT2D eigenvalue weighted by atomic mass is 10.2. The number of fused-ring (bicyclic) bond motifs is 1. The number of rotatable bonds is 6. The Balaban J connectivity index is 1.22. The van der Waals surface area contributed by atoms with Gasteiger partial charge in [0.05, 0.1) is 6.33 Å². The number of benzene rings is 2. The second-order valence-electron chi connectivity index (χ2n) is 7.74. The van der Waals surface area contributed by atoms with Gasteiger partial charge < -0.3 is 14.6 Å². The number of nitrogens with zero attached hydrogens (tertiary/aromatic N) is 4. The smallest absolute Gasteiger partial charge is 0.326 e. The second-order valence-corrected chi connectivity index (χ2v) is 7.74. The van der Waals surface area contributed by atoms with E-state index in [9.17, 15) is 14.0 Å². The highest BCUT2D eigenvalue weighted by molar-refractivity contribution is 6.07. The average molecular weight is 446 g/mol. The van der Waals surface area contributed by atoms with E-state index in [4.69, 9.17) is 4.74 Å². The minimum absolute atomic E-state index is 0.0460. The van der Waals surface area contributed by atoms with Crippen molar-refractivity contribution in [3.8, 4) is 11.6 Å². The van der Waals surface area contributed by atoms with Crippen molar-refractivity contribution < 1.29 is 18.7 Å². The number of ether oxygens (including phenoxy) is 1. The number of nitrogens with one attached hydrogen (secondary N) is 2. The predicted molar refractivity (Wildman–Crippen MR) is 117 cm³/mol. The van der Waals surface area contributed by atoms with E-state index in [2.05, 4.69) is 25.6 Å². The third-order valence-electron chi connectivity index (χ3n) is 5.16. The first-order valence-corrected chi connectivity index (χ1v) is 10.4. The third-order valence-corrected chi connectivity index (χ3v) is 5.16. The monoisotopic (exact) mass is 446 g/mol. The molecule has 166 valence electrons. The number of halogens is 1. The van der Waals surface area contributed by atoms with Crippen LogP contribution >= 0.6 is 0 Å². The van der Waals surface area contributed by atoms with E-state index in [-0.39, 0.29) is 5.56 Å². The highest BCUT2D eigenvalue weighted by Gasteiger charge is 2.23. The molecule has 0 aliphatic heterocycles. The molecule has 0 bridgehead atoms. The highest BCUT2D eigenvalue weighted by atomic mass is 19.1. The molecular weight excluding hydrogens is 427 g/mol. The molecule has 2 aromatic carbocycles. The lowest BCUT2D eigenvalue weighted by Crippen LogP contribution is -2.34. The molecule has 0 saturated heterocycles. The van der Waals surface area contributed by atoms with Gasteiger partial charge >= 0.3 is 6.03 Å². The van der Waals surface area contributed by atoms with Gasteiger partial charge in [0.15, 0.2) is 11.2 Å². The lowest BCUT2D eigenvalue weighted by molar-refractivity contribution is 0.0966. The van der Waals surface area contributed by atoms with Gasteiger partial charge in [-0.2, -0.15) is 4.98 Å². The van der Waals surface area contributed by atoms with Gasteiger partial charge in [0, 0.05) is 17.8 Å². The fourth-order valence-corrected chi connectivity index (χ4v) is 3.33. The van der Waals surface area contributed by atoms with Crippen molar-refractivity contribution in [2.75, 3.05) is 5.32 Å². The molecule has 2 N–H and O–H groups in total. The zero-order chi connectivity index (χ0) is 22.8. The van der Waals surface area contributed by atoms with Crippen LogP contribution < -0.4 is 15.4 Å². The molecule has 1 saturated carbocycles. The Kier molecular flexibility index (Phi) is 5.39. The number of urea groups is 1. The van der Waals surface area contributed by atoms with Gasteiger partial charge in [-0.05, 0) is 61.2 Å². The van der Waals surface area contributed by atoms with Crippen molar-refractivity contribution in [3.63, 3.8) is 0 Å². The molecular formula is C23H19FN6O3. The number of hydrogen-bond acceptors (Lipinski definition) is 6. The van der Waals surface area contributed by atoms with Crippen LogP contribution in [0.3, 0.4) is 0 Å². The van der Waals surface area contributed by atoms with Gasteiger partial charge in [-0.15, -0.1) is 0 Å². The van der Waals surface area contributed by atoms with Gasteiger partial charge in [0.1, 0.15) is 17.9 Å². The maximum absolute atomic E-state index is 13.2. The summed E-state index contributed by atoms with van der Waals surface area (Å²) in [5, 5.41) is 4.70. The van der Waals surface area contributed by atoms with Crippen molar-refractivity contribution in [2.45, 2.75) is 19.4 Å². The molecule has 33 heavy (non-hydrogen) atoms. The minimum Gasteiger partial charge on any atom is -0.437 e. The SMILES string of the molecule is O=C(NC(=O)c1cccc(F)c1)Nc1ccc(Oc2ncnc3c2ncn3CC2CC2)cc1. The van der Waals surface area contributed by atoms with E-state index in [1.54, 1.807) is 30.6 Å². The largest absolute Gasteiger partial charge is 0.437 e. The van der Waals surface area contributed by atoms with Crippen LogP contribution in [0.2, 0.25) is 0 Å². The Bertz CT molecular complexity index is 1330. The minimum atomic E-state index is -0.739. The van der Waals surface area contributed by atoms with E-state index in [1.165, 1.54) is 37.4 Å². The van der Waals surface area contributed by atoms with Crippen LogP contribution in [-0.4, -0.2) is 31.5 Å². The Morgan fingerprint density at radius 2 is 1.91 bits per heavy atom. The van der Waals surface area contributed by atoms with Crippen LogP contribution in [0.1, 0.15) is 23.2 Å². The average Bonchev–Trinajstić information content (AvgIpc) is 3.53. The molecule has 1 aliphatic rings. The number of hydrogen-bond donors (Lipinski definition) is 2. The van der Waals surface area contributed by atoms with Crippen molar-refractivity contribution in [1.82, 2.24) is 24.8 Å². The Labute approximate surface area is 187 Å². The summed E-state index contributed by atoms with van der Waals surface area (Å²) in [5.41, 5.74) is 1.79. The van der Waals surface area contributed by atoms with Gasteiger partial charge in [-0.25, -0.2) is 19.2 Å². The van der Waals surface area contributed by atoms with Gasteiger partial charge in [-0.1, -0.05) is 6.07 Å². The third kappa shape index (κ3) is 4.79. The number of amides is 3. The second kappa shape index (κ2) is 8.65. The fraction of sp³-hybridized carbons (Fsp3) is 0.174. The van der Waals surface area contributed by atoms with E-state index >= 15 is 0 Å². The molecule has 10 heteroatoms. The maximum Gasteiger partial charge on any atom is 0.326 e. The van der Waals surface area contributed by atoms with Crippen molar-refractivity contribution in [1.29, 1.82) is 0 Å². The molecule has 4 aromatic rings. The van der Waals surface area contributed by atoms with E-state index in [0.717, 1.165) is 18.3 Å². The summed E-state index contributed by atoms with van der Waals surface area (Å²) in [6.45, 7) is 0.886. The van der Waals surface area contributed by atoms with Gasteiger partial charge in [0.25, 0.3) is 11.8 Å². The number of carbonyl (C=O) groups excluding carboxylic acids is 2. The Morgan fingerprint density at radius 3 is 2.67 bits per heavy atom. The maximum atomic E-state index is 13.2. The number of imidazole rings is 1. The first-order valence-electron chi connectivity index (χ1n) is 10.4.